The fourth-order valence-corrected chi connectivity index (χ4v) is 1.01. The van der Waals surface area contributed by atoms with E-state index in [2.05, 4.69) is 10.6 Å². The van der Waals surface area contributed by atoms with Crippen LogP contribution in [0.2, 0.25) is 0 Å². The Hall–Kier alpha value is -0.570. The van der Waals surface area contributed by atoms with Gasteiger partial charge in [-0.15, -0.1) is 0 Å². The van der Waals surface area contributed by atoms with Crippen molar-refractivity contribution in [2.24, 2.45) is 0 Å². The topological polar surface area (TPSA) is 43.2 Å². The van der Waals surface area contributed by atoms with Crippen LogP contribution in [0.3, 0.4) is 0 Å². The molecule has 9 heavy (non-hydrogen) atoms. The number of nitrogens with zero attached hydrogens (tertiary/aromatic N) is 1. The minimum Gasteiger partial charge on any atom is -0.356 e. The van der Waals surface area contributed by atoms with Crippen molar-refractivity contribution < 1.29 is 4.79 Å². The maximum absolute atomic E-state index is 9.93. The van der Waals surface area contributed by atoms with E-state index in [1.165, 1.54) is 0 Å². The summed E-state index contributed by atoms with van der Waals surface area (Å²) < 4.78 is 0. The second-order valence-electron chi connectivity index (χ2n) is 2.23. The van der Waals surface area contributed by atoms with Crippen molar-refractivity contribution in [3.63, 3.8) is 0 Å². The molecule has 1 aliphatic heterocycles. The molecule has 1 heterocycles. The minimum atomic E-state index is 0.389. The van der Waals surface area contributed by atoms with Crippen LogP contribution in [-0.4, -0.2) is 25.5 Å². The van der Waals surface area contributed by atoms with E-state index in [1.54, 1.807) is 0 Å². The monoisotopic (exact) mass is 127 g/mol. The van der Waals surface area contributed by atoms with Crippen LogP contribution >= 0.6 is 0 Å². The Morgan fingerprint density at radius 2 is 2.11 bits per heavy atom. The lowest BCUT2D eigenvalue weighted by molar-refractivity contribution is -0.110. The number of nitrogens with one attached hydrogen (secondary N) is 1. The second-order valence-corrected chi connectivity index (χ2v) is 2.23. The van der Waals surface area contributed by atoms with Crippen molar-refractivity contribution in [3.8, 4) is 0 Å². The third kappa shape index (κ3) is 2.01. The predicted octanol–water partition coefficient (Wildman–Crippen LogP) is -0.501. The van der Waals surface area contributed by atoms with Gasteiger partial charge in [0.1, 0.15) is 0 Å². The number of carbonyl (C=O) groups is 1. The van der Waals surface area contributed by atoms with Gasteiger partial charge >= 0.3 is 0 Å². The van der Waals surface area contributed by atoms with E-state index in [0.717, 1.165) is 32.3 Å². The summed E-state index contributed by atoms with van der Waals surface area (Å²) in [6.07, 6.45) is 2.80. The van der Waals surface area contributed by atoms with Gasteiger partial charge in [0.25, 0.3) is 0 Å². The van der Waals surface area contributed by atoms with Gasteiger partial charge in [-0.1, -0.05) is 0 Å². The number of amides is 1. The normalized spacial score (nSPS) is 21.3. The van der Waals surface area contributed by atoms with Gasteiger partial charge in [-0.3, -0.25) is 4.79 Å². The zero-order chi connectivity index (χ0) is 6.53. The molecule has 1 rings (SSSR count). The molecule has 0 aliphatic carbocycles. The van der Waals surface area contributed by atoms with Gasteiger partial charge < -0.3 is 5.32 Å². The largest absolute Gasteiger partial charge is 0.356 e. The molecule has 1 radical (unpaired) electrons. The molecule has 0 spiro atoms. The van der Waals surface area contributed by atoms with Crippen molar-refractivity contribution in [1.29, 1.82) is 0 Å². The first kappa shape index (κ1) is 6.55. The Balaban J connectivity index is 2.15. The maximum atomic E-state index is 9.93. The van der Waals surface area contributed by atoms with Gasteiger partial charge in [0.2, 0.25) is 6.41 Å². The number of piperidine rings is 1. The lowest BCUT2D eigenvalue weighted by Crippen LogP contribution is -2.36. The molecule has 0 aromatic carbocycles. The summed E-state index contributed by atoms with van der Waals surface area (Å²) in [6.45, 7) is 1.82. The molecular weight excluding hydrogens is 116 g/mol. The van der Waals surface area contributed by atoms with Gasteiger partial charge in [-0.2, -0.15) is 0 Å². The Morgan fingerprint density at radius 3 is 2.67 bits per heavy atom. The van der Waals surface area contributed by atoms with Crippen molar-refractivity contribution in [1.82, 2.24) is 10.6 Å². The highest BCUT2D eigenvalue weighted by Gasteiger charge is 2.10. The molecule has 1 aliphatic rings. The van der Waals surface area contributed by atoms with E-state index >= 15 is 0 Å². The number of carbonyl (C=O) groups excluding carboxylic acids is 1. The van der Waals surface area contributed by atoms with E-state index in [0.29, 0.717) is 6.04 Å². The van der Waals surface area contributed by atoms with Crippen molar-refractivity contribution in [2.75, 3.05) is 13.1 Å². The number of rotatable bonds is 2. The number of hydrogen-bond donors (Lipinski definition) is 1. The van der Waals surface area contributed by atoms with E-state index in [9.17, 15) is 4.79 Å². The van der Waals surface area contributed by atoms with E-state index in [4.69, 9.17) is 0 Å². The van der Waals surface area contributed by atoms with E-state index in [1.807, 2.05) is 0 Å². The van der Waals surface area contributed by atoms with Crippen LogP contribution in [0.4, 0.5) is 0 Å². The summed E-state index contributed by atoms with van der Waals surface area (Å²) in [6, 6.07) is 0.389. The molecule has 0 unspecified atom stereocenters. The molecule has 1 N–H and O–H groups in total. The van der Waals surface area contributed by atoms with Crippen molar-refractivity contribution in [2.45, 2.75) is 18.9 Å². The zero-order valence-corrected chi connectivity index (χ0v) is 5.34. The quantitative estimate of drug-likeness (QED) is 0.499. The van der Waals surface area contributed by atoms with Crippen LogP contribution in [0.5, 0.6) is 0 Å². The van der Waals surface area contributed by atoms with E-state index in [-0.39, 0.29) is 0 Å². The van der Waals surface area contributed by atoms with Crippen LogP contribution in [-0.2, 0) is 4.79 Å². The molecule has 1 fully saturated rings. The molecule has 0 aromatic heterocycles. The molecule has 1 amide bonds. The molecule has 1 saturated heterocycles. The van der Waals surface area contributed by atoms with Crippen LogP contribution in [0.15, 0.2) is 0 Å². The molecular formula is C6H11N2O. The summed E-state index contributed by atoms with van der Waals surface area (Å²) >= 11 is 0. The first-order chi connectivity index (χ1) is 4.43. The first-order valence-corrected chi connectivity index (χ1v) is 3.26. The third-order valence-corrected chi connectivity index (χ3v) is 1.58. The fraction of sp³-hybridized carbons (Fsp3) is 0.833. The Kier molecular flexibility index (Phi) is 2.51. The minimum absolute atomic E-state index is 0.389. The third-order valence-electron chi connectivity index (χ3n) is 1.58. The summed E-state index contributed by atoms with van der Waals surface area (Å²) in [5.41, 5.74) is 0. The van der Waals surface area contributed by atoms with Crippen molar-refractivity contribution in [3.05, 3.63) is 0 Å². The summed E-state index contributed by atoms with van der Waals surface area (Å²) in [5.74, 6) is 0. The highest BCUT2D eigenvalue weighted by molar-refractivity contribution is 5.46. The predicted molar refractivity (Wildman–Crippen MR) is 34.1 cm³/mol. The number of hydrogen-bond acceptors (Lipinski definition) is 1. The van der Waals surface area contributed by atoms with Crippen LogP contribution < -0.4 is 10.6 Å². The van der Waals surface area contributed by atoms with Crippen molar-refractivity contribution >= 4 is 6.41 Å². The molecule has 0 saturated carbocycles. The van der Waals surface area contributed by atoms with Gasteiger partial charge in [0, 0.05) is 19.1 Å². The second kappa shape index (κ2) is 3.45. The average Bonchev–Trinajstić information content (AvgIpc) is 1.91. The lowest BCUT2D eigenvalue weighted by atomic mass is 10.1. The van der Waals surface area contributed by atoms with Gasteiger partial charge in [0.15, 0.2) is 0 Å². The summed E-state index contributed by atoms with van der Waals surface area (Å²) in [7, 11) is 0. The molecule has 51 valence electrons. The molecule has 0 aromatic rings. The SMILES string of the molecule is O=CNC1CC[N]CC1. The van der Waals surface area contributed by atoms with Crippen LogP contribution in [0.1, 0.15) is 12.8 Å². The van der Waals surface area contributed by atoms with Crippen LogP contribution in [0.25, 0.3) is 0 Å². The maximum Gasteiger partial charge on any atom is 0.207 e. The summed E-state index contributed by atoms with van der Waals surface area (Å²) in [4.78, 5) is 9.93. The smallest absolute Gasteiger partial charge is 0.207 e. The zero-order valence-electron chi connectivity index (χ0n) is 5.34. The van der Waals surface area contributed by atoms with E-state index < -0.39 is 0 Å². The highest BCUT2D eigenvalue weighted by Crippen LogP contribution is 2.00. The molecule has 0 atom stereocenters. The Morgan fingerprint density at radius 1 is 1.44 bits per heavy atom. The fourth-order valence-electron chi connectivity index (χ4n) is 1.01. The Bertz CT molecular complexity index is 89.1. The highest BCUT2D eigenvalue weighted by atomic mass is 16.1. The average molecular weight is 127 g/mol. The standard InChI is InChI=1S/C6H11N2O/c9-5-8-6-1-3-7-4-2-6/h5-6H,1-4H2,(H,8,9). The Labute approximate surface area is 54.8 Å². The van der Waals surface area contributed by atoms with Gasteiger partial charge in [-0.25, -0.2) is 5.32 Å². The van der Waals surface area contributed by atoms with Gasteiger partial charge in [-0.05, 0) is 12.8 Å². The lowest BCUT2D eigenvalue weighted by Gasteiger charge is -2.19. The molecule has 3 nitrogen and oxygen atoms in total. The first-order valence-electron chi connectivity index (χ1n) is 3.26. The molecule has 0 bridgehead atoms. The van der Waals surface area contributed by atoms with Crippen LogP contribution in [0, 0.1) is 0 Å². The summed E-state index contributed by atoms with van der Waals surface area (Å²) in [5, 5.41) is 6.90. The molecule has 3 heteroatoms. The van der Waals surface area contributed by atoms with Gasteiger partial charge in [0.05, 0.1) is 0 Å².